The fourth-order valence-corrected chi connectivity index (χ4v) is 2.29. The molecule has 3 nitrogen and oxygen atoms in total. The average molecular weight is 223 g/mol. The number of rotatable bonds is 4. The summed E-state index contributed by atoms with van der Waals surface area (Å²) in [4.78, 5) is 2.51. The molecule has 1 fully saturated rings. The van der Waals surface area contributed by atoms with Gasteiger partial charge in [0.25, 0.3) is 0 Å². The Hall–Kier alpha value is -0.590. The van der Waals surface area contributed by atoms with Crippen LogP contribution in [0.1, 0.15) is 39.5 Å². The molecule has 92 valence electrons. The maximum absolute atomic E-state index is 8.86. The maximum atomic E-state index is 8.86. The van der Waals surface area contributed by atoms with Crippen LogP contribution in [0, 0.1) is 16.7 Å². The molecule has 1 N–H and O–H groups in total. The minimum absolute atomic E-state index is 0.0104. The topological polar surface area (TPSA) is 39.1 Å². The van der Waals surface area contributed by atoms with Crippen LogP contribution in [0.3, 0.4) is 0 Å². The van der Waals surface area contributed by atoms with Crippen LogP contribution in [0.15, 0.2) is 0 Å². The van der Waals surface area contributed by atoms with E-state index in [0.29, 0.717) is 5.41 Å². The van der Waals surface area contributed by atoms with Crippen LogP contribution in [0.4, 0.5) is 0 Å². The van der Waals surface area contributed by atoms with E-state index in [2.05, 4.69) is 30.1 Å². The second-order valence-electron chi connectivity index (χ2n) is 5.62. The molecule has 1 saturated heterocycles. The first-order valence-corrected chi connectivity index (χ1v) is 6.36. The summed E-state index contributed by atoms with van der Waals surface area (Å²) in [5.74, 6) is 0. The van der Waals surface area contributed by atoms with Gasteiger partial charge >= 0.3 is 0 Å². The number of nitrogens with zero attached hydrogens (tertiary/aromatic N) is 2. The van der Waals surface area contributed by atoms with Gasteiger partial charge in [-0.1, -0.05) is 13.8 Å². The van der Waals surface area contributed by atoms with Crippen molar-refractivity contribution in [1.82, 2.24) is 10.2 Å². The van der Waals surface area contributed by atoms with Crippen LogP contribution in [-0.2, 0) is 0 Å². The van der Waals surface area contributed by atoms with Crippen molar-refractivity contribution in [1.29, 1.82) is 5.26 Å². The van der Waals surface area contributed by atoms with Gasteiger partial charge in [-0.25, -0.2) is 0 Å². The first-order chi connectivity index (χ1) is 7.57. The average Bonchev–Trinajstić information content (AvgIpc) is 2.41. The van der Waals surface area contributed by atoms with Crippen LogP contribution < -0.4 is 5.32 Å². The zero-order chi connectivity index (χ0) is 12.0. The molecular weight excluding hydrogens is 198 g/mol. The molecule has 0 radical (unpaired) electrons. The predicted molar refractivity (Wildman–Crippen MR) is 67.1 cm³/mol. The molecule has 0 spiro atoms. The Morgan fingerprint density at radius 2 is 2.12 bits per heavy atom. The van der Waals surface area contributed by atoms with E-state index in [-0.39, 0.29) is 6.04 Å². The molecule has 1 aliphatic heterocycles. The van der Waals surface area contributed by atoms with Crippen molar-refractivity contribution in [3.05, 3.63) is 0 Å². The monoisotopic (exact) mass is 223 g/mol. The molecule has 3 heteroatoms. The Morgan fingerprint density at radius 1 is 1.38 bits per heavy atom. The van der Waals surface area contributed by atoms with Crippen molar-refractivity contribution in [3.63, 3.8) is 0 Å². The first kappa shape index (κ1) is 13.5. The lowest BCUT2D eigenvalue weighted by Gasteiger charge is -2.23. The van der Waals surface area contributed by atoms with Gasteiger partial charge in [-0.05, 0) is 51.2 Å². The van der Waals surface area contributed by atoms with Crippen LogP contribution in [-0.4, -0.2) is 37.6 Å². The largest absolute Gasteiger partial charge is 0.305 e. The summed E-state index contributed by atoms with van der Waals surface area (Å²) < 4.78 is 0. The molecule has 1 aliphatic rings. The quantitative estimate of drug-likeness (QED) is 0.792. The number of nitrogens with one attached hydrogen (secondary N) is 1. The molecule has 0 amide bonds. The molecule has 1 unspecified atom stereocenters. The fraction of sp³-hybridized carbons (Fsp3) is 0.923. The normalized spacial score (nSPS) is 23.4. The molecule has 1 rings (SSSR count). The maximum Gasteiger partial charge on any atom is 0.0962 e. The molecule has 0 aromatic rings. The van der Waals surface area contributed by atoms with Gasteiger partial charge in [0.05, 0.1) is 12.1 Å². The number of likely N-dealkylation sites (tertiary alicyclic amines) is 1. The van der Waals surface area contributed by atoms with Crippen LogP contribution in [0.2, 0.25) is 0 Å². The van der Waals surface area contributed by atoms with Gasteiger partial charge in [0.1, 0.15) is 0 Å². The van der Waals surface area contributed by atoms with Gasteiger partial charge in [-0.15, -0.1) is 0 Å². The van der Waals surface area contributed by atoms with Crippen molar-refractivity contribution in [2.45, 2.75) is 45.6 Å². The van der Waals surface area contributed by atoms with Crippen molar-refractivity contribution >= 4 is 0 Å². The minimum atomic E-state index is 0.0104. The highest BCUT2D eigenvalue weighted by atomic mass is 15.1. The van der Waals surface area contributed by atoms with Gasteiger partial charge in [0.15, 0.2) is 0 Å². The fourth-order valence-electron chi connectivity index (χ4n) is 2.29. The van der Waals surface area contributed by atoms with Gasteiger partial charge in [-0.2, -0.15) is 5.26 Å². The Kier molecular flexibility index (Phi) is 5.24. The van der Waals surface area contributed by atoms with Crippen molar-refractivity contribution in [2.75, 3.05) is 26.7 Å². The number of hydrogen-bond acceptors (Lipinski definition) is 3. The lowest BCUT2D eigenvalue weighted by molar-refractivity contribution is 0.255. The number of hydrogen-bond donors (Lipinski definition) is 1. The predicted octanol–water partition coefficient (Wildman–Crippen LogP) is 2.00. The highest BCUT2D eigenvalue weighted by Gasteiger charge is 2.23. The van der Waals surface area contributed by atoms with E-state index in [1.165, 1.54) is 32.4 Å². The van der Waals surface area contributed by atoms with E-state index >= 15 is 0 Å². The van der Waals surface area contributed by atoms with E-state index in [1.54, 1.807) is 0 Å². The van der Waals surface area contributed by atoms with E-state index in [1.807, 2.05) is 7.05 Å². The van der Waals surface area contributed by atoms with Gasteiger partial charge in [-0.3, -0.25) is 0 Å². The van der Waals surface area contributed by atoms with Crippen LogP contribution >= 0.6 is 0 Å². The Bertz CT molecular complexity index is 242. The summed E-state index contributed by atoms with van der Waals surface area (Å²) >= 11 is 0. The summed E-state index contributed by atoms with van der Waals surface area (Å²) in [6.45, 7) is 8.17. The molecule has 1 heterocycles. The third-order valence-electron chi connectivity index (χ3n) is 3.67. The van der Waals surface area contributed by atoms with Crippen molar-refractivity contribution in [3.8, 4) is 6.07 Å². The third-order valence-corrected chi connectivity index (χ3v) is 3.67. The lowest BCUT2D eigenvalue weighted by Crippen LogP contribution is -2.32. The molecule has 0 bridgehead atoms. The molecule has 0 aromatic carbocycles. The van der Waals surface area contributed by atoms with Crippen molar-refractivity contribution < 1.29 is 0 Å². The first-order valence-electron chi connectivity index (χ1n) is 6.36. The van der Waals surface area contributed by atoms with Crippen LogP contribution in [0.25, 0.3) is 0 Å². The standard InChI is InChI=1S/C13H25N3/c1-13(2)6-4-8-16(10-7-13)9-5-12(11-14)15-3/h12,15H,4-10H2,1-3H3. The van der Waals surface area contributed by atoms with E-state index in [9.17, 15) is 0 Å². The Balaban J connectivity index is 2.31. The zero-order valence-corrected chi connectivity index (χ0v) is 10.9. The van der Waals surface area contributed by atoms with Gasteiger partial charge in [0, 0.05) is 6.54 Å². The summed E-state index contributed by atoms with van der Waals surface area (Å²) in [6, 6.07) is 2.30. The molecule has 1 atom stereocenters. The Morgan fingerprint density at radius 3 is 2.75 bits per heavy atom. The van der Waals surface area contributed by atoms with E-state index < -0.39 is 0 Å². The van der Waals surface area contributed by atoms with Gasteiger partial charge in [0.2, 0.25) is 0 Å². The highest BCUT2D eigenvalue weighted by Crippen LogP contribution is 2.29. The summed E-state index contributed by atoms with van der Waals surface area (Å²) in [5.41, 5.74) is 0.506. The van der Waals surface area contributed by atoms with Gasteiger partial charge < -0.3 is 10.2 Å². The summed E-state index contributed by atoms with van der Waals surface area (Å²) in [7, 11) is 1.86. The van der Waals surface area contributed by atoms with Crippen molar-refractivity contribution in [2.24, 2.45) is 5.41 Å². The Labute approximate surface area is 99.8 Å². The lowest BCUT2D eigenvalue weighted by atomic mass is 9.85. The smallest absolute Gasteiger partial charge is 0.0962 e. The minimum Gasteiger partial charge on any atom is -0.305 e. The third kappa shape index (κ3) is 4.51. The zero-order valence-electron chi connectivity index (χ0n) is 10.9. The second kappa shape index (κ2) is 6.22. The second-order valence-corrected chi connectivity index (χ2v) is 5.62. The van der Waals surface area contributed by atoms with E-state index in [4.69, 9.17) is 5.26 Å². The SMILES string of the molecule is CNC(C#N)CCN1CCCC(C)(C)CC1. The molecule has 0 aliphatic carbocycles. The van der Waals surface area contributed by atoms with Crippen LogP contribution in [0.5, 0.6) is 0 Å². The molecule has 0 aromatic heterocycles. The molecular formula is C13H25N3. The molecule has 0 saturated carbocycles. The molecule has 16 heavy (non-hydrogen) atoms. The number of nitriles is 1. The summed E-state index contributed by atoms with van der Waals surface area (Å²) in [6.07, 6.45) is 4.85. The summed E-state index contributed by atoms with van der Waals surface area (Å²) in [5, 5.41) is 11.9. The highest BCUT2D eigenvalue weighted by molar-refractivity contribution is 4.89. The van der Waals surface area contributed by atoms with E-state index in [0.717, 1.165) is 13.0 Å².